The molecule has 4 heterocycles. The average molecular weight is 954 g/mol. The van der Waals surface area contributed by atoms with Crippen LogP contribution < -0.4 is 31.1 Å². The van der Waals surface area contributed by atoms with Crippen LogP contribution in [0.4, 0.5) is 45.5 Å². The summed E-state index contributed by atoms with van der Waals surface area (Å²) < 4.78 is 7.28. The van der Waals surface area contributed by atoms with Crippen LogP contribution in [0.2, 0.25) is 0 Å². The van der Waals surface area contributed by atoms with E-state index in [1.165, 1.54) is 96.7 Å². The molecule has 1 aliphatic carbocycles. The molecule has 1 saturated carbocycles. The van der Waals surface area contributed by atoms with E-state index < -0.39 is 0 Å². The summed E-state index contributed by atoms with van der Waals surface area (Å²) in [5.74, 6) is 0. The van der Waals surface area contributed by atoms with E-state index in [2.05, 4.69) is 255 Å². The number of hydrogen-bond acceptors (Lipinski definition) is 4. The van der Waals surface area contributed by atoms with Gasteiger partial charge in [-0.25, -0.2) is 0 Å². The first-order valence-corrected chi connectivity index (χ1v) is 26.9. The van der Waals surface area contributed by atoms with E-state index in [1.807, 2.05) is 0 Å². The molecule has 364 valence electrons. The van der Waals surface area contributed by atoms with E-state index in [0.29, 0.717) is 0 Å². The minimum absolute atomic E-state index is 0.0254. The lowest BCUT2D eigenvalue weighted by Crippen LogP contribution is -2.61. The molecule has 0 N–H and O–H groups in total. The first kappa shape index (κ1) is 45.9. The van der Waals surface area contributed by atoms with Gasteiger partial charge in [-0.3, -0.25) is 0 Å². The number of nitrogens with zero attached hydrogens (tertiary/aromatic N) is 3. The third-order valence-electron chi connectivity index (χ3n) is 17.9. The number of fused-ring (bicyclic) bond motifs is 11. The molecule has 4 nitrogen and oxygen atoms in total. The second kappa shape index (κ2) is 15.8. The van der Waals surface area contributed by atoms with Crippen molar-refractivity contribution in [3.05, 3.63) is 186 Å². The van der Waals surface area contributed by atoms with Gasteiger partial charge >= 0.3 is 0 Å². The van der Waals surface area contributed by atoms with Gasteiger partial charge in [-0.15, -0.1) is 0 Å². The van der Waals surface area contributed by atoms with Crippen molar-refractivity contribution in [3.8, 4) is 11.1 Å². The Bertz CT molecular complexity index is 3710. The smallest absolute Gasteiger partial charge is 0.252 e. The van der Waals surface area contributed by atoms with E-state index >= 15 is 0 Å². The van der Waals surface area contributed by atoms with E-state index in [1.54, 1.807) is 0 Å². The fourth-order valence-corrected chi connectivity index (χ4v) is 13.6. The zero-order valence-electron chi connectivity index (χ0n) is 44.7. The highest BCUT2D eigenvalue weighted by atomic mass is 16.3. The maximum Gasteiger partial charge on any atom is 0.252 e. The molecule has 73 heavy (non-hydrogen) atoms. The number of rotatable bonds is 4. The molecule has 5 heteroatoms. The van der Waals surface area contributed by atoms with Gasteiger partial charge in [0.05, 0.1) is 16.9 Å². The lowest BCUT2D eigenvalue weighted by molar-refractivity contribution is 0.195. The Balaban J connectivity index is 1.22. The van der Waals surface area contributed by atoms with Gasteiger partial charge in [0, 0.05) is 55.9 Å². The Morgan fingerprint density at radius 3 is 1.89 bits per heavy atom. The molecular weight excluding hydrogens is 886 g/mol. The van der Waals surface area contributed by atoms with Crippen molar-refractivity contribution < 1.29 is 4.42 Å². The van der Waals surface area contributed by atoms with Crippen molar-refractivity contribution in [2.45, 2.75) is 129 Å². The van der Waals surface area contributed by atoms with Crippen molar-refractivity contribution in [3.63, 3.8) is 0 Å². The molecule has 0 radical (unpaired) electrons. The molecule has 0 spiro atoms. The van der Waals surface area contributed by atoms with Gasteiger partial charge in [-0.2, -0.15) is 0 Å². The molecule has 0 amide bonds. The van der Waals surface area contributed by atoms with E-state index in [9.17, 15) is 0 Å². The summed E-state index contributed by atoms with van der Waals surface area (Å²) in [6.07, 6.45) is 4.72. The van der Waals surface area contributed by atoms with Crippen LogP contribution in [-0.4, -0.2) is 12.3 Å². The predicted molar refractivity (Wildman–Crippen MR) is 312 cm³/mol. The van der Waals surface area contributed by atoms with Crippen LogP contribution in [0, 0.1) is 0 Å². The molecule has 0 saturated heterocycles. The summed E-state index contributed by atoms with van der Waals surface area (Å²) in [7, 11) is 0. The quantitative estimate of drug-likeness (QED) is 0.164. The second-order valence-corrected chi connectivity index (χ2v) is 25.3. The Morgan fingerprint density at radius 1 is 0.479 bits per heavy atom. The summed E-state index contributed by atoms with van der Waals surface area (Å²) in [4.78, 5) is 8.07. The summed E-state index contributed by atoms with van der Waals surface area (Å²) in [5.41, 5.74) is 22.7. The van der Waals surface area contributed by atoms with Gasteiger partial charge in [0.1, 0.15) is 5.58 Å². The molecule has 1 aromatic heterocycles. The van der Waals surface area contributed by atoms with Crippen LogP contribution >= 0.6 is 0 Å². The highest BCUT2D eigenvalue weighted by Crippen LogP contribution is 2.62. The van der Waals surface area contributed by atoms with Gasteiger partial charge in [0.25, 0.3) is 6.71 Å². The van der Waals surface area contributed by atoms with Crippen LogP contribution in [0.3, 0.4) is 0 Å². The molecular formula is C68H68BN3O. The van der Waals surface area contributed by atoms with Crippen LogP contribution in [-0.2, 0) is 21.7 Å². The molecule has 1 fully saturated rings. The molecule has 0 bridgehead atoms. The minimum atomic E-state index is -0.161. The number of furan rings is 1. The minimum Gasteiger partial charge on any atom is -0.454 e. The molecule has 4 aliphatic rings. The van der Waals surface area contributed by atoms with Crippen molar-refractivity contribution in [1.82, 2.24) is 0 Å². The first-order chi connectivity index (χ1) is 34.8. The normalized spacial score (nSPS) is 19.2. The lowest BCUT2D eigenvalue weighted by atomic mass is 9.33. The second-order valence-electron chi connectivity index (χ2n) is 25.3. The Morgan fingerprint density at radius 2 is 1.12 bits per heavy atom. The van der Waals surface area contributed by atoms with Crippen molar-refractivity contribution >= 4 is 90.5 Å². The molecule has 2 atom stereocenters. The average Bonchev–Trinajstić information content (AvgIpc) is 3.86. The van der Waals surface area contributed by atoms with Crippen LogP contribution in [0.25, 0.3) is 33.1 Å². The first-order valence-electron chi connectivity index (χ1n) is 26.9. The molecule has 8 aromatic carbocycles. The van der Waals surface area contributed by atoms with Gasteiger partial charge in [-0.05, 0) is 135 Å². The molecule has 2 unspecified atom stereocenters. The molecule has 3 aliphatic heterocycles. The third kappa shape index (κ3) is 6.72. The van der Waals surface area contributed by atoms with Crippen LogP contribution in [0.1, 0.15) is 124 Å². The number of hydrogen-bond donors (Lipinski definition) is 0. The Labute approximate surface area is 433 Å². The maximum atomic E-state index is 7.28. The molecule has 9 aromatic rings. The lowest BCUT2D eigenvalue weighted by Gasteiger charge is -2.51. The Kier molecular flexibility index (Phi) is 9.90. The summed E-state index contributed by atoms with van der Waals surface area (Å²) in [6, 6.07) is 63.0. The Hall–Kier alpha value is -6.98. The zero-order chi connectivity index (χ0) is 50.6. The van der Waals surface area contributed by atoms with E-state index in [4.69, 9.17) is 4.42 Å². The third-order valence-corrected chi connectivity index (χ3v) is 17.9. The fourth-order valence-electron chi connectivity index (χ4n) is 13.6. The summed E-state index contributed by atoms with van der Waals surface area (Å²) in [6.45, 7) is 26.1. The van der Waals surface area contributed by atoms with Gasteiger partial charge in [0.2, 0.25) is 0 Å². The predicted octanol–water partition coefficient (Wildman–Crippen LogP) is 17.0. The SMILES string of the molecule is CC(C)(C)c1cccc(N2c3cc(C(C)(C)C)ccc3B3c4ccc5c(oc6ccccc65)c4N(c4ccc(C(C)(C)C)cc4-c4ccccc4)c4cc(N5c6ccccc6C6(C)CCCCC56C)cc2c43)c1. The fraction of sp³-hybridized carbons (Fsp3) is 0.294. The van der Waals surface area contributed by atoms with Gasteiger partial charge in [0.15, 0.2) is 5.58 Å². The zero-order valence-corrected chi connectivity index (χ0v) is 44.7. The number of benzene rings is 8. The summed E-state index contributed by atoms with van der Waals surface area (Å²) >= 11 is 0. The number of anilines is 8. The van der Waals surface area contributed by atoms with Crippen molar-refractivity contribution in [2.75, 3.05) is 14.7 Å². The highest BCUT2D eigenvalue weighted by Gasteiger charge is 2.58. The summed E-state index contributed by atoms with van der Waals surface area (Å²) in [5, 5.41) is 2.26. The molecule has 13 rings (SSSR count). The van der Waals surface area contributed by atoms with Gasteiger partial charge < -0.3 is 19.1 Å². The topological polar surface area (TPSA) is 22.9 Å². The van der Waals surface area contributed by atoms with E-state index in [-0.39, 0.29) is 33.9 Å². The van der Waals surface area contributed by atoms with E-state index in [0.717, 1.165) is 46.2 Å². The van der Waals surface area contributed by atoms with Gasteiger partial charge in [-0.1, -0.05) is 191 Å². The van der Waals surface area contributed by atoms with Crippen molar-refractivity contribution in [1.29, 1.82) is 0 Å². The highest BCUT2D eigenvalue weighted by molar-refractivity contribution is 7.00. The largest absolute Gasteiger partial charge is 0.454 e. The van der Waals surface area contributed by atoms with Crippen LogP contribution in [0.15, 0.2) is 168 Å². The number of para-hydroxylation sites is 2. The van der Waals surface area contributed by atoms with Crippen LogP contribution in [0.5, 0.6) is 0 Å². The standard InChI is InChI=1S/C68H68BN3O/c1-64(2,3)44-24-21-25-47(38-44)70-57-40-46(66(7,8)9)30-33-53(57)69-54-34-32-50-49-26-15-18-29-60(49)73-63(50)62(54)71(55-35-31-45(65(4,5)6)39-51(55)43-22-13-12-14-23-43)59-42-48(41-58(70)61(59)69)72-56-28-17-16-27-52(56)67(10)36-19-20-37-68(67,72)11/h12-18,21-35,38-42H,19-20,36-37H2,1-11H3. The monoisotopic (exact) mass is 954 g/mol. The maximum absolute atomic E-state index is 7.28. The van der Waals surface area contributed by atoms with Crippen molar-refractivity contribution in [2.24, 2.45) is 0 Å².